The van der Waals surface area contributed by atoms with Gasteiger partial charge in [0.15, 0.2) is 0 Å². The number of fused-ring (bicyclic) bond motifs is 1. The number of carbonyl (C=O) groups excluding carboxylic acids is 1. The second-order valence-corrected chi connectivity index (χ2v) is 4.26. The van der Waals surface area contributed by atoms with Crippen LogP contribution in [0, 0.1) is 6.92 Å². The molecule has 0 spiro atoms. The zero-order chi connectivity index (χ0) is 10.8. The smallest absolute Gasteiger partial charge is 0.138 e. The fraction of sp³-hybridized carbons (Fsp3) is 0.222. The van der Waals surface area contributed by atoms with E-state index in [1.807, 2.05) is 13.0 Å². The summed E-state index contributed by atoms with van der Waals surface area (Å²) < 4.78 is 0. The molecule has 0 aliphatic rings. The zero-order valence-electron chi connectivity index (χ0n) is 7.98. The van der Waals surface area contributed by atoms with Crippen molar-refractivity contribution in [3.63, 3.8) is 0 Å². The third-order valence-corrected chi connectivity index (χ3v) is 2.81. The maximum absolute atomic E-state index is 10.3. The van der Waals surface area contributed by atoms with Gasteiger partial charge in [0.25, 0.3) is 0 Å². The van der Waals surface area contributed by atoms with Gasteiger partial charge in [-0.15, -0.1) is 11.3 Å². The number of nitrogens with zero attached hydrogens (tertiary/aromatic N) is 2. The Morgan fingerprint density at radius 3 is 3.13 bits per heavy atom. The largest absolute Gasteiger partial charge is 0.548 e. The van der Waals surface area contributed by atoms with Crippen molar-refractivity contribution in [2.45, 2.75) is 6.92 Å². The van der Waals surface area contributed by atoms with Crippen LogP contribution >= 0.6 is 11.3 Å². The second kappa shape index (κ2) is 3.82. The molecule has 0 aliphatic heterocycles. The van der Waals surface area contributed by atoms with Crippen molar-refractivity contribution in [2.24, 2.45) is 0 Å². The van der Waals surface area contributed by atoms with Gasteiger partial charge in [-0.05, 0) is 13.0 Å². The summed E-state index contributed by atoms with van der Waals surface area (Å²) in [5.74, 6) is -0.623. The van der Waals surface area contributed by atoms with Crippen molar-refractivity contribution >= 4 is 33.3 Å². The monoisotopic (exact) mass is 222 g/mol. The molecule has 0 saturated heterocycles. The molecule has 5 nitrogen and oxygen atoms in total. The molecule has 0 aromatic carbocycles. The van der Waals surface area contributed by atoms with Gasteiger partial charge in [-0.25, -0.2) is 9.97 Å². The Hall–Kier alpha value is -1.69. The van der Waals surface area contributed by atoms with E-state index in [4.69, 9.17) is 0 Å². The third-order valence-electron chi connectivity index (χ3n) is 1.85. The Bertz CT molecular complexity index is 509. The van der Waals surface area contributed by atoms with Gasteiger partial charge in [0.2, 0.25) is 0 Å². The number of hydrogen-bond donors (Lipinski definition) is 1. The number of aliphatic carboxylic acids is 1. The number of aromatic nitrogens is 2. The number of aryl methyl sites for hydroxylation is 1. The molecule has 6 heteroatoms. The van der Waals surface area contributed by atoms with Crippen molar-refractivity contribution in [2.75, 3.05) is 11.9 Å². The van der Waals surface area contributed by atoms with Crippen molar-refractivity contribution in [1.82, 2.24) is 9.97 Å². The first-order valence-corrected chi connectivity index (χ1v) is 5.13. The Labute approximate surface area is 89.8 Å². The van der Waals surface area contributed by atoms with Crippen LogP contribution in [-0.4, -0.2) is 22.5 Å². The Morgan fingerprint density at radius 1 is 1.60 bits per heavy atom. The lowest BCUT2D eigenvalue weighted by molar-refractivity contribution is -0.302. The van der Waals surface area contributed by atoms with Crippen LogP contribution < -0.4 is 10.4 Å². The van der Waals surface area contributed by atoms with E-state index >= 15 is 0 Å². The highest BCUT2D eigenvalue weighted by atomic mass is 32.1. The molecule has 2 aromatic rings. The summed E-state index contributed by atoms with van der Waals surface area (Å²) in [6.45, 7) is 1.72. The first-order valence-electron chi connectivity index (χ1n) is 4.31. The molecule has 0 radical (unpaired) electrons. The normalized spacial score (nSPS) is 10.5. The van der Waals surface area contributed by atoms with Gasteiger partial charge in [-0.2, -0.15) is 0 Å². The molecule has 2 heterocycles. The first kappa shape index (κ1) is 9.85. The highest BCUT2D eigenvalue weighted by Gasteiger charge is 2.05. The maximum Gasteiger partial charge on any atom is 0.138 e. The van der Waals surface area contributed by atoms with Crippen LogP contribution in [0.3, 0.4) is 0 Å². The Kier molecular flexibility index (Phi) is 2.51. The van der Waals surface area contributed by atoms with E-state index < -0.39 is 5.97 Å². The number of rotatable bonds is 3. The van der Waals surface area contributed by atoms with E-state index in [1.54, 1.807) is 11.3 Å². The summed E-state index contributed by atoms with van der Waals surface area (Å²) in [5.41, 5.74) is 0. The average molecular weight is 222 g/mol. The lowest BCUT2D eigenvalue weighted by Crippen LogP contribution is -2.30. The predicted molar refractivity (Wildman–Crippen MR) is 55.6 cm³/mol. The van der Waals surface area contributed by atoms with Gasteiger partial charge in [0.05, 0.1) is 17.9 Å². The number of nitrogens with one attached hydrogen (secondary N) is 1. The van der Waals surface area contributed by atoms with E-state index in [1.165, 1.54) is 6.33 Å². The van der Waals surface area contributed by atoms with Crippen molar-refractivity contribution < 1.29 is 9.90 Å². The van der Waals surface area contributed by atoms with Crippen LogP contribution in [0.1, 0.15) is 4.88 Å². The fourth-order valence-electron chi connectivity index (χ4n) is 1.27. The van der Waals surface area contributed by atoms with Gasteiger partial charge in [0.1, 0.15) is 17.0 Å². The van der Waals surface area contributed by atoms with Crippen LogP contribution in [0.25, 0.3) is 10.2 Å². The molecule has 0 bridgehead atoms. The van der Waals surface area contributed by atoms with Gasteiger partial charge >= 0.3 is 0 Å². The molecule has 2 rings (SSSR count). The summed E-state index contributed by atoms with van der Waals surface area (Å²) in [6.07, 6.45) is 1.41. The van der Waals surface area contributed by atoms with E-state index in [0.717, 1.165) is 15.1 Å². The van der Waals surface area contributed by atoms with Crippen LogP contribution in [0.15, 0.2) is 12.4 Å². The second-order valence-electron chi connectivity index (χ2n) is 3.02. The molecule has 0 atom stereocenters. The lowest BCUT2D eigenvalue weighted by Gasteiger charge is -2.05. The zero-order valence-corrected chi connectivity index (χ0v) is 8.80. The van der Waals surface area contributed by atoms with Gasteiger partial charge in [-0.1, -0.05) is 0 Å². The topological polar surface area (TPSA) is 77.9 Å². The number of carboxylic acid groups (broad SMARTS) is 1. The van der Waals surface area contributed by atoms with Crippen LogP contribution in [0.5, 0.6) is 0 Å². The Morgan fingerprint density at radius 2 is 2.40 bits per heavy atom. The average Bonchev–Trinajstić information content (AvgIpc) is 2.55. The summed E-state index contributed by atoms with van der Waals surface area (Å²) in [5, 5.41) is 13.8. The summed E-state index contributed by atoms with van der Waals surface area (Å²) in [7, 11) is 0. The highest BCUT2D eigenvalue weighted by molar-refractivity contribution is 7.18. The summed E-state index contributed by atoms with van der Waals surface area (Å²) in [6, 6.07) is 1.93. The maximum atomic E-state index is 10.3. The minimum Gasteiger partial charge on any atom is -0.548 e. The van der Waals surface area contributed by atoms with E-state index in [2.05, 4.69) is 15.3 Å². The van der Waals surface area contributed by atoms with Crippen LogP contribution in [0.4, 0.5) is 5.82 Å². The van der Waals surface area contributed by atoms with Crippen LogP contribution in [-0.2, 0) is 4.79 Å². The van der Waals surface area contributed by atoms with Gasteiger partial charge in [0, 0.05) is 4.88 Å². The van der Waals surface area contributed by atoms with E-state index in [-0.39, 0.29) is 6.54 Å². The molecular weight excluding hydrogens is 214 g/mol. The number of thiophene rings is 1. The lowest BCUT2D eigenvalue weighted by atomic mass is 10.3. The SMILES string of the molecule is Cc1cc2c(NCC(=O)[O-])ncnc2s1. The van der Waals surface area contributed by atoms with Crippen molar-refractivity contribution in [3.8, 4) is 0 Å². The fourth-order valence-corrected chi connectivity index (χ4v) is 2.12. The molecule has 2 aromatic heterocycles. The van der Waals surface area contributed by atoms with Crippen LogP contribution in [0.2, 0.25) is 0 Å². The summed E-state index contributed by atoms with van der Waals surface area (Å²) in [4.78, 5) is 20.3. The van der Waals surface area contributed by atoms with E-state index in [0.29, 0.717) is 5.82 Å². The molecule has 0 amide bonds. The number of carboxylic acids is 1. The molecule has 78 valence electrons. The minimum absolute atomic E-state index is 0.249. The number of carbonyl (C=O) groups is 1. The van der Waals surface area contributed by atoms with Crippen molar-refractivity contribution in [3.05, 3.63) is 17.3 Å². The standard InChI is InChI=1S/C9H9N3O2S/c1-5-2-6-8(10-3-7(13)14)11-4-12-9(6)15-5/h2,4H,3H2,1H3,(H,13,14)(H,10,11,12)/p-1. The number of anilines is 1. The molecule has 0 aliphatic carbocycles. The molecule has 0 saturated carbocycles. The van der Waals surface area contributed by atoms with Gasteiger partial charge < -0.3 is 15.2 Å². The minimum atomic E-state index is -1.16. The molecule has 15 heavy (non-hydrogen) atoms. The molecule has 0 unspecified atom stereocenters. The highest BCUT2D eigenvalue weighted by Crippen LogP contribution is 2.27. The van der Waals surface area contributed by atoms with Gasteiger partial charge in [-0.3, -0.25) is 0 Å². The molecule has 0 fully saturated rings. The van der Waals surface area contributed by atoms with E-state index in [9.17, 15) is 9.90 Å². The van der Waals surface area contributed by atoms with Crippen molar-refractivity contribution in [1.29, 1.82) is 0 Å². The third kappa shape index (κ3) is 2.04. The molecule has 1 N–H and O–H groups in total. The first-order chi connectivity index (χ1) is 7.16. The summed E-state index contributed by atoms with van der Waals surface area (Å²) >= 11 is 1.55. The predicted octanol–water partition coefficient (Wildman–Crippen LogP) is 0.162. The quantitative estimate of drug-likeness (QED) is 0.800. The molecular formula is C9H8N3O2S-. The Balaban J connectivity index is 2.37. The number of hydrogen-bond acceptors (Lipinski definition) is 6.